The summed E-state index contributed by atoms with van der Waals surface area (Å²) < 4.78 is 32.5. The highest BCUT2D eigenvalue weighted by molar-refractivity contribution is 7.89. The van der Waals surface area contributed by atoms with Crippen molar-refractivity contribution >= 4 is 15.9 Å². The zero-order valence-electron chi connectivity index (χ0n) is 15.6. The van der Waals surface area contributed by atoms with Crippen molar-refractivity contribution in [2.24, 2.45) is 0 Å². The molecule has 0 spiro atoms. The maximum atomic E-state index is 13.0. The summed E-state index contributed by atoms with van der Waals surface area (Å²) in [5.41, 5.74) is 0.889. The van der Waals surface area contributed by atoms with Gasteiger partial charge in [-0.15, -0.1) is 0 Å². The molecule has 0 radical (unpaired) electrons. The zero-order valence-corrected chi connectivity index (χ0v) is 16.4. The number of aryl methyl sites for hydroxylation is 1. The van der Waals surface area contributed by atoms with Gasteiger partial charge < -0.3 is 15.0 Å². The predicted octanol–water partition coefficient (Wildman–Crippen LogP) is 0.844. The van der Waals surface area contributed by atoms with Crippen LogP contribution in [0.25, 0.3) is 0 Å². The number of amides is 1. The number of carbonyl (C=O) groups excluding carboxylic acids is 1. The highest BCUT2D eigenvalue weighted by Gasteiger charge is 2.26. The van der Waals surface area contributed by atoms with Gasteiger partial charge >= 0.3 is 0 Å². The largest absolute Gasteiger partial charge is 0.385 e. The SMILES string of the molecule is COCCCN(CCC(=O)N1CCNCC1)S(=O)(=O)c1cccc(C)c1. The van der Waals surface area contributed by atoms with Crippen LogP contribution in [0.5, 0.6) is 0 Å². The lowest BCUT2D eigenvalue weighted by atomic mass is 10.2. The van der Waals surface area contributed by atoms with E-state index in [2.05, 4.69) is 5.32 Å². The quantitative estimate of drug-likeness (QED) is 0.640. The third-order valence-corrected chi connectivity index (χ3v) is 6.32. The van der Waals surface area contributed by atoms with Crippen molar-refractivity contribution in [3.05, 3.63) is 29.8 Å². The zero-order chi connectivity index (χ0) is 19.0. The number of ether oxygens (including phenoxy) is 1. The third-order valence-electron chi connectivity index (χ3n) is 4.43. The summed E-state index contributed by atoms with van der Waals surface area (Å²) in [5, 5.41) is 3.21. The number of piperazine rings is 1. The molecule has 0 aliphatic carbocycles. The molecular formula is C18H29N3O4S. The molecular weight excluding hydrogens is 354 g/mol. The minimum absolute atomic E-state index is 0.00248. The lowest BCUT2D eigenvalue weighted by molar-refractivity contribution is -0.131. The van der Waals surface area contributed by atoms with Crippen LogP contribution in [-0.2, 0) is 19.6 Å². The third kappa shape index (κ3) is 5.77. The molecule has 26 heavy (non-hydrogen) atoms. The molecule has 8 heteroatoms. The Bertz CT molecular complexity index is 687. The van der Waals surface area contributed by atoms with Gasteiger partial charge in [0.1, 0.15) is 0 Å². The van der Waals surface area contributed by atoms with Gasteiger partial charge in [-0.05, 0) is 31.0 Å². The van der Waals surface area contributed by atoms with Gasteiger partial charge in [0.25, 0.3) is 0 Å². The molecule has 7 nitrogen and oxygen atoms in total. The number of nitrogens with one attached hydrogen (secondary N) is 1. The summed E-state index contributed by atoms with van der Waals surface area (Å²) in [5.74, 6) is 0.00248. The second-order valence-corrected chi connectivity index (χ2v) is 8.39. The molecule has 0 unspecified atom stereocenters. The van der Waals surface area contributed by atoms with Gasteiger partial charge in [0, 0.05) is 59.4 Å². The van der Waals surface area contributed by atoms with Crippen LogP contribution in [0.2, 0.25) is 0 Å². The fraction of sp³-hybridized carbons (Fsp3) is 0.611. The molecule has 1 fully saturated rings. The van der Waals surface area contributed by atoms with Crippen LogP contribution in [0.1, 0.15) is 18.4 Å². The molecule has 1 N–H and O–H groups in total. The van der Waals surface area contributed by atoms with Crippen LogP contribution in [0.15, 0.2) is 29.2 Å². The highest BCUT2D eigenvalue weighted by atomic mass is 32.2. The van der Waals surface area contributed by atoms with Crippen molar-refractivity contribution in [3.63, 3.8) is 0 Å². The molecule has 0 atom stereocenters. The van der Waals surface area contributed by atoms with E-state index in [-0.39, 0.29) is 23.8 Å². The number of methoxy groups -OCH3 is 1. The fourth-order valence-corrected chi connectivity index (χ4v) is 4.54. The van der Waals surface area contributed by atoms with Crippen molar-refractivity contribution < 1.29 is 17.9 Å². The van der Waals surface area contributed by atoms with Crippen LogP contribution in [0.4, 0.5) is 0 Å². The monoisotopic (exact) mass is 383 g/mol. The van der Waals surface area contributed by atoms with Gasteiger partial charge in [0.05, 0.1) is 4.90 Å². The summed E-state index contributed by atoms with van der Waals surface area (Å²) in [4.78, 5) is 14.5. The number of hydrogen-bond donors (Lipinski definition) is 1. The van der Waals surface area contributed by atoms with Crippen LogP contribution in [0, 0.1) is 6.92 Å². The Morgan fingerprint density at radius 2 is 2.00 bits per heavy atom. The number of hydrogen-bond acceptors (Lipinski definition) is 5. The molecule has 1 heterocycles. The van der Waals surface area contributed by atoms with E-state index >= 15 is 0 Å². The Balaban J connectivity index is 2.07. The van der Waals surface area contributed by atoms with E-state index < -0.39 is 10.0 Å². The summed E-state index contributed by atoms with van der Waals surface area (Å²) >= 11 is 0. The predicted molar refractivity (Wildman–Crippen MR) is 100 cm³/mol. The smallest absolute Gasteiger partial charge is 0.243 e. The molecule has 1 aliphatic heterocycles. The van der Waals surface area contributed by atoms with E-state index in [0.29, 0.717) is 32.7 Å². The minimum Gasteiger partial charge on any atom is -0.385 e. The molecule has 0 bridgehead atoms. The summed E-state index contributed by atoms with van der Waals surface area (Å²) in [6.45, 7) is 5.77. The Labute approximate surface area is 156 Å². The van der Waals surface area contributed by atoms with Crippen LogP contribution in [-0.4, -0.2) is 76.5 Å². The molecule has 2 rings (SSSR count). The minimum atomic E-state index is -3.64. The molecule has 1 aromatic carbocycles. The standard InChI is InChI=1S/C18H29N3O4S/c1-16-5-3-6-17(15-16)26(23,24)21(10-4-14-25-2)11-7-18(22)20-12-8-19-9-13-20/h3,5-6,15,19H,4,7-14H2,1-2H3. The number of nitrogens with zero attached hydrogens (tertiary/aromatic N) is 2. The van der Waals surface area contributed by atoms with E-state index in [4.69, 9.17) is 4.74 Å². The summed E-state index contributed by atoms with van der Waals surface area (Å²) in [6, 6.07) is 6.87. The molecule has 1 amide bonds. The topological polar surface area (TPSA) is 79.0 Å². The average molecular weight is 384 g/mol. The van der Waals surface area contributed by atoms with E-state index in [0.717, 1.165) is 18.7 Å². The van der Waals surface area contributed by atoms with Gasteiger partial charge in [-0.3, -0.25) is 4.79 Å². The van der Waals surface area contributed by atoms with Crippen molar-refractivity contribution in [1.29, 1.82) is 0 Å². The van der Waals surface area contributed by atoms with Crippen molar-refractivity contribution in [1.82, 2.24) is 14.5 Å². The first-order valence-corrected chi connectivity index (χ1v) is 10.4. The van der Waals surface area contributed by atoms with Crippen LogP contribution >= 0.6 is 0 Å². The Kier molecular flexibility index (Phi) is 8.02. The van der Waals surface area contributed by atoms with Gasteiger partial charge in [-0.25, -0.2) is 8.42 Å². The van der Waals surface area contributed by atoms with E-state index in [1.807, 2.05) is 13.0 Å². The molecule has 1 aromatic rings. The van der Waals surface area contributed by atoms with Gasteiger partial charge in [-0.2, -0.15) is 4.31 Å². The second kappa shape index (κ2) is 10.0. The molecule has 146 valence electrons. The van der Waals surface area contributed by atoms with Gasteiger partial charge in [0.2, 0.25) is 15.9 Å². The first kappa shape index (κ1) is 20.8. The molecule has 1 saturated heterocycles. The van der Waals surface area contributed by atoms with E-state index in [1.165, 1.54) is 4.31 Å². The number of carbonyl (C=O) groups is 1. The highest BCUT2D eigenvalue weighted by Crippen LogP contribution is 2.18. The fourth-order valence-electron chi connectivity index (χ4n) is 2.95. The summed E-state index contributed by atoms with van der Waals surface area (Å²) in [6.07, 6.45) is 0.779. The number of benzene rings is 1. The maximum absolute atomic E-state index is 13.0. The normalized spacial score (nSPS) is 15.4. The lowest BCUT2D eigenvalue weighted by Crippen LogP contribution is -2.47. The average Bonchev–Trinajstić information content (AvgIpc) is 2.64. The first-order chi connectivity index (χ1) is 12.4. The van der Waals surface area contributed by atoms with Crippen LogP contribution in [0.3, 0.4) is 0 Å². The molecule has 0 aromatic heterocycles. The van der Waals surface area contributed by atoms with Crippen molar-refractivity contribution in [3.8, 4) is 0 Å². The van der Waals surface area contributed by atoms with Gasteiger partial charge in [0.15, 0.2) is 0 Å². The first-order valence-electron chi connectivity index (χ1n) is 8.99. The number of sulfonamides is 1. The van der Waals surface area contributed by atoms with Crippen LogP contribution < -0.4 is 5.32 Å². The Morgan fingerprint density at radius 1 is 1.27 bits per heavy atom. The molecule has 1 aliphatic rings. The maximum Gasteiger partial charge on any atom is 0.243 e. The Hall–Kier alpha value is -1.48. The van der Waals surface area contributed by atoms with Crippen molar-refractivity contribution in [2.75, 3.05) is 53.0 Å². The Morgan fingerprint density at radius 3 is 2.65 bits per heavy atom. The number of rotatable bonds is 9. The second-order valence-electron chi connectivity index (χ2n) is 6.45. The van der Waals surface area contributed by atoms with Crippen molar-refractivity contribution in [2.45, 2.75) is 24.7 Å². The lowest BCUT2D eigenvalue weighted by Gasteiger charge is -2.29. The molecule has 0 saturated carbocycles. The summed E-state index contributed by atoms with van der Waals surface area (Å²) in [7, 11) is -2.05. The van der Waals surface area contributed by atoms with E-state index in [1.54, 1.807) is 30.2 Å². The van der Waals surface area contributed by atoms with E-state index in [9.17, 15) is 13.2 Å². The van der Waals surface area contributed by atoms with Gasteiger partial charge in [-0.1, -0.05) is 12.1 Å².